The number of methoxy groups -OCH3 is 1. The van der Waals surface area contributed by atoms with E-state index < -0.39 is 29.5 Å². The van der Waals surface area contributed by atoms with Crippen molar-refractivity contribution in [3.05, 3.63) is 50.4 Å². The molecular weight excluding hydrogens is 444 g/mol. The molecule has 0 spiro atoms. The lowest BCUT2D eigenvalue weighted by molar-refractivity contribution is 0.0392. The fourth-order valence-electron chi connectivity index (χ4n) is 2.40. The van der Waals surface area contributed by atoms with Crippen molar-refractivity contribution in [3.63, 3.8) is 0 Å². The molecule has 0 aliphatic rings. The molecule has 0 saturated carbocycles. The quantitative estimate of drug-likeness (QED) is 0.359. The Morgan fingerprint density at radius 1 is 1.10 bits per heavy atom. The molecular formula is C19H18ClF2NO6S. The van der Waals surface area contributed by atoms with Crippen molar-refractivity contribution in [1.29, 1.82) is 0 Å². The summed E-state index contributed by atoms with van der Waals surface area (Å²) in [6.45, 7) is 3.32. The van der Waals surface area contributed by atoms with Crippen molar-refractivity contribution >= 4 is 45.8 Å². The maximum absolute atomic E-state index is 13.5. The van der Waals surface area contributed by atoms with Crippen LogP contribution in [0.3, 0.4) is 0 Å². The third kappa shape index (κ3) is 5.32. The molecule has 2 aromatic rings. The largest absolute Gasteiger partial charge is 0.462 e. The number of thiophene rings is 1. The van der Waals surface area contributed by atoms with Crippen molar-refractivity contribution < 1.29 is 37.4 Å². The normalized spacial score (nSPS) is 10.6. The minimum Gasteiger partial charge on any atom is -0.462 e. The molecule has 0 aliphatic carbocycles. The maximum atomic E-state index is 13.5. The number of anilines is 1. The highest BCUT2D eigenvalue weighted by molar-refractivity contribution is 7.18. The van der Waals surface area contributed by atoms with Gasteiger partial charge in [0.05, 0.1) is 29.4 Å². The van der Waals surface area contributed by atoms with E-state index in [1.54, 1.807) is 6.92 Å². The lowest BCUT2D eigenvalue weighted by atomic mass is 10.1. The summed E-state index contributed by atoms with van der Waals surface area (Å²) in [6, 6.07) is 1.30. The number of nitrogens with one attached hydrogen (secondary N) is 1. The predicted octanol–water partition coefficient (Wildman–Crippen LogP) is 4.22. The van der Waals surface area contributed by atoms with Gasteiger partial charge in [-0.1, -0.05) is 11.6 Å². The molecule has 7 nitrogen and oxygen atoms in total. The molecule has 1 aromatic carbocycles. The molecule has 162 valence electrons. The molecule has 0 saturated heterocycles. The number of hydrogen-bond donors (Lipinski definition) is 1. The Morgan fingerprint density at radius 2 is 1.77 bits per heavy atom. The van der Waals surface area contributed by atoms with Gasteiger partial charge in [0, 0.05) is 7.11 Å². The Morgan fingerprint density at radius 3 is 2.40 bits per heavy atom. The van der Waals surface area contributed by atoms with E-state index in [0.29, 0.717) is 12.1 Å². The molecule has 0 aliphatic heterocycles. The van der Waals surface area contributed by atoms with Gasteiger partial charge in [-0.15, -0.1) is 11.3 Å². The first kappa shape index (κ1) is 23.7. The van der Waals surface area contributed by atoms with Crippen LogP contribution in [0.1, 0.15) is 42.9 Å². The van der Waals surface area contributed by atoms with Crippen LogP contribution in [0.15, 0.2) is 12.1 Å². The van der Waals surface area contributed by atoms with E-state index >= 15 is 0 Å². The zero-order chi connectivity index (χ0) is 22.4. The van der Waals surface area contributed by atoms with Crippen molar-refractivity contribution in [2.45, 2.75) is 13.8 Å². The smallest absolute Gasteiger partial charge is 0.348 e. The summed E-state index contributed by atoms with van der Waals surface area (Å²) in [5, 5.41) is 2.07. The Kier molecular flexibility index (Phi) is 8.27. The van der Waals surface area contributed by atoms with Gasteiger partial charge in [0.2, 0.25) is 0 Å². The highest BCUT2D eigenvalue weighted by Crippen LogP contribution is 2.35. The number of halogens is 3. The minimum absolute atomic E-state index is 0.00638. The van der Waals surface area contributed by atoms with Crippen molar-refractivity contribution in [2.24, 2.45) is 0 Å². The predicted molar refractivity (Wildman–Crippen MR) is 106 cm³/mol. The summed E-state index contributed by atoms with van der Waals surface area (Å²) in [4.78, 5) is 37.4. The summed E-state index contributed by atoms with van der Waals surface area (Å²) in [5.74, 6) is -4.86. The molecule has 0 bridgehead atoms. The van der Waals surface area contributed by atoms with Crippen molar-refractivity contribution in [1.82, 2.24) is 0 Å². The van der Waals surface area contributed by atoms with E-state index in [1.807, 2.05) is 0 Å². The van der Waals surface area contributed by atoms with Gasteiger partial charge >= 0.3 is 11.9 Å². The van der Waals surface area contributed by atoms with Gasteiger partial charge < -0.3 is 19.5 Å². The molecule has 1 amide bonds. The molecule has 0 unspecified atom stereocenters. The molecule has 0 fully saturated rings. The zero-order valence-electron chi connectivity index (χ0n) is 16.3. The second-order valence-corrected chi connectivity index (χ2v) is 7.24. The first-order valence-electron chi connectivity index (χ1n) is 8.63. The molecule has 0 atom stereocenters. The Balaban J connectivity index is 2.41. The van der Waals surface area contributed by atoms with Crippen molar-refractivity contribution in [2.75, 3.05) is 32.2 Å². The van der Waals surface area contributed by atoms with E-state index in [9.17, 15) is 23.2 Å². The van der Waals surface area contributed by atoms with Crippen LogP contribution >= 0.6 is 22.9 Å². The SMILES string of the molecule is CCOC(=O)c1c(NC(=O)c2cc(F)c(F)cc2Cl)sc(C(=O)OCCOC)c1C. The van der Waals surface area contributed by atoms with Crippen LogP contribution in [0, 0.1) is 18.6 Å². The highest BCUT2D eigenvalue weighted by atomic mass is 35.5. The molecule has 2 rings (SSSR count). The number of amides is 1. The number of ether oxygens (including phenoxy) is 3. The number of carbonyl (C=O) groups is 3. The van der Waals surface area contributed by atoms with Crippen LogP contribution in [0.5, 0.6) is 0 Å². The van der Waals surface area contributed by atoms with Gasteiger partial charge in [-0.3, -0.25) is 4.79 Å². The first-order chi connectivity index (χ1) is 14.2. The van der Waals surface area contributed by atoms with Gasteiger partial charge in [-0.2, -0.15) is 0 Å². The van der Waals surface area contributed by atoms with Crippen LogP contribution < -0.4 is 5.32 Å². The van der Waals surface area contributed by atoms with Crippen LogP contribution in [0.4, 0.5) is 13.8 Å². The van der Waals surface area contributed by atoms with E-state index in [0.717, 1.165) is 11.3 Å². The Hall–Kier alpha value is -2.56. The number of esters is 2. The minimum atomic E-state index is -1.26. The molecule has 0 radical (unpaired) electrons. The summed E-state index contributed by atoms with van der Waals surface area (Å²) >= 11 is 6.61. The maximum Gasteiger partial charge on any atom is 0.348 e. The second kappa shape index (κ2) is 10.5. The molecule has 1 aromatic heterocycles. The fourth-order valence-corrected chi connectivity index (χ4v) is 3.72. The molecule has 11 heteroatoms. The average molecular weight is 462 g/mol. The third-order valence-electron chi connectivity index (χ3n) is 3.81. The number of carbonyl (C=O) groups excluding carboxylic acids is 3. The molecule has 30 heavy (non-hydrogen) atoms. The average Bonchev–Trinajstić information content (AvgIpc) is 3.00. The summed E-state index contributed by atoms with van der Waals surface area (Å²) in [6.07, 6.45) is 0. The van der Waals surface area contributed by atoms with E-state index in [1.165, 1.54) is 14.0 Å². The number of hydrogen-bond acceptors (Lipinski definition) is 7. The standard InChI is InChI=1S/C19H18ClF2NO6S/c1-4-28-18(25)14-9(2)15(19(26)29-6-5-27-3)30-17(14)23-16(24)10-7-12(21)13(22)8-11(10)20/h7-8H,4-6H2,1-3H3,(H,23,24). The van der Waals surface area contributed by atoms with Crippen LogP contribution in [-0.2, 0) is 14.2 Å². The lowest BCUT2D eigenvalue weighted by Crippen LogP contribution is -2.16. The van der Waals surface area contributed by atoms with Gasteiger partial charge in [0.15, 0.2) is 11.6 Å². The zero-order valence-corrected chi connectivity index (χ0v) is 17.8. The monoisotopic (exact) mass is 461 g/mol. The van der Waals surface area contributed by atoms with E-state index in [2.05, 4.69) is 5.32 Å². The lowest BCUT2D eigenvalue weighted by Gasteiger charge is -2.08. The third-order valence-corrected chi connectivity index (χ3v) is 5.31. The van der Waals surface area contributed by atoms with Gasteiger partial charge in [0.1, 0.15) is 16.5 Å². The molecule has 1 N–H and O–H groups in total. The summed E-state index contributed by atoms with van der Waals surface area (Å²) < 4.78 is 41.7. The summed E-state index contributed by atoms with van der Waals surface area (Å²) in [7, 11) is 1.44. The Labute approximate surface area is 179 Å². The first-order valence-corrected chi connectivity index (χ1v) is 9.83. The molecule has 1 heterocycles. The van der Waals surface area contributed by atoms with Crippen molar-refractivity contribution in [3.8, 4) is 0 Å². The Bertz CT molecular complexity index is 978. The highest BCUT2D eigenvalue weighted by Gasteiger charge is 2.28. The number of rotatable bonds is 8. The van der Waals surface area contributed by atoms with Crippen LogP contribution in [0.25, 0.3) is 0 Å². The van der Waals surface area contributed by atoms with Crippen LogP contribution in [-0.4, -0.2) is 44.8 Å². The fraction of sp³-hybridized carbons (Fsp3) is 0.316. The second-order valence-electron chi connectivity index (χ2n) is 5.81. The van der Waals surface area contributed by atoms with Gasteiger partial charge in [0.25, 0.3) is 5.91 Å². The van der Waals surface area contributed by atoms with E-state index in [4.69, 9.17) is 25.8 Å². The van der Waals surface area contributed by atoms with Crippen LogP contribution in [0.2, 0.25) is 5.02 Å². The van der Waals surface area contributed by atoms with Gasteiger partial charge in [-0.05, 0) is 31.5 Å². The number of benzene rings is 1. The topological polar surface area (TPSA) is 90.9 Å². The van der Waals surface area contributed by atoms with E-state index in [-0.39, 0.29) is 51.4 Å². The summed E-state index contributed by atoms with van der Waals surface area (Å²) in [5.41, 5.74) is -0.152. The van der Waals surface area contributed by atoms with Gasteiger partial charge in [-0.25, -0.2) is 18.4 Å².